The maximum Gasteiger partial charge on any atom is 0.187 e. The molecule has 0 aliphatic rings. The van der Waals surface area contributed by atoms with Gasteiger partial charge in [-0.05, 0) is 30.5 Å². The Balaban J connectivity index is 2.28. The third-order valence-corrected chi connectivity index (χ3v) is 3.26. The topological polar surface area (TPSA) is 65.6 Å². The van der Waals surface area contributed by atoms with E-state index in [1.165, 1.54) is 0 Å². The highest BCUT2D eigenvalue weighted by Crippen LogP contribution is 2.24. The van der Waals surface area contributed by atoms with Crippen LogP contribution >= 0.6 is 0 Å². The molecule has 0 aliphatic carbocycles. The lowest BCUT2D eigenvalue weighted by molar-refractivity contribution is 0.301. The molecule has 0 amide bonds. The first kappa shape index (κ1) is 14.6. The summed E-state index contributed by atoms with van der Waals surface area (Å²) < 4.78 is 5.89. The largest absolute Gasteiger partial charge is 0.488 e. The lowest BCUT2D eigenvalue weighted by Gasteiger charge is -2.13. The second-order valence-electron chi connectivity index (χ2n) is 4.73. The molecule has 2 rings (SSSR count). The first-order chi connectivity index (χ1) is 10.2. The molecule has 0 radical (unpaired) electrons. The SMILES string of the molecule is Cc1cccc(C)c1OCc1ccccc1/C(C#N)=N\O. The molecule has 0 saturated carbocycles. The summed E-state index contributed by atoms with van der Waals surface area (Å²) in [6.45, 7) is 4.29. The highest BCUT2D eigenvalue weighted by Gasteiger charge is 2.11. The number of nitrogens with zero attached hydrogens (tertiary/aromatic N) is 2. The van der Waals surface area contributed by atoms with E-state index >= 15 is 0 Å². The summed E-state index contributed by atoms with van der Waals surface area (Å²) in [7, 11) is 0. The van der Waals surface area contributed by atoms with Crippen molar-refractivity contribution in [2.75, 3.05) is 0 Å². The molecular formula is C17H16N2O2. The van der Waals surface area contributed by atoms with E-state index < -0.39 is 0 Å². The fourth-order valence-electron chi connectivity index (χ4n) is 2.19. The molecule has 0 unspecified atom stereocenters. The zero-order valence-corrected chi connectivity index (χ0v) is 12.0. The van der Waals surface area contributed by atoms with Crippen LogP contribution in [0.3, 0.4) is 0 Å². The predicted octanol–water partition coefficient (Wildman–Crippen LogP) is 3.58. The third-order valence-electron chi connectivity index (χ3n) is 3.26. The Morgan fingerprint density at radius 3 is 2.43 bits per heavy atom. The van der Waals surface area contributed by atoms with Crippen LogP contribution in [0.25, 0.3) is 0 Å². The van der Waals surface area contributed by atoms with E-state index in [0.29, 0.717) is 12.2 Å². The number of benzene rings is 2. The molecule has 4 heteroatoms. The number of nitriles is 1. The van der Waals surface area contributed by atoms with Crippen molar-refractivity contribution in [2.24, 2.45) is 5.16 Å². The maximum absolute atomic E-state index is 9.00. The number of rotatable bonds is 4. The van der Waals surface area contributed by atoms with Gasteiger partial charge in [0.05, 0.1) is 0 Å². The fraction of sp³-hybridized carbons (Fsp3) is 0.176. The van der Waals surface area contributed by atoms with Crippen molar-refractivity contribution < 1.29 is 9.94 Å². The van der Waals surface area contributed by atoms with E-state index in [9.17, 15) is 0 Å². The zero-order valence-electron chi connectivity index (χ0n) is 12.0. The monoisotopic (exact) mass is 280 g/mol. The van der Waals surface area contributed by atoms with Crippen LogP contribution in [0.1, 0.15) is 22.3 Å². The van der Waals surface area contributed by atoms with Crippen LogP contribution in [-0.2, 0) is 6.61 Å². The zero-order chi connectivity index (χ0) is 15.2. The van der Waals surface area contributed by atoms with Gasteiger partial charge in [-0.25, -0.2) is 0 Å². The summed E-state index contributed by atoms with van der Waals surface area (Å²) in [5, 5.41) is 20.9. The summed E-state index contributed by atoms with van der Waals surface area (Å²) in [6, 6.07) is 15.1. The average molecular weight is 280 g/mol. The Morgan fingerprint density at radius 1 is 1.14 bits per heavy atom. The predicted molar refractivity (Wildman–Crippen MR) is 80.6 cm³/mol. The Kier molecular flexibility index (Phi) is 4.57. The van der Waals surface area contributed by atoms with Gasteiger partial charge in [-0.3, -0.25) is 0 Å². The number of oxime groups is 1. The minimum absolute atomic E-state index is 0.0179. The molecule has 21 heavy (non-hydrogen) atoms. The number of para-hydroxylation sites is 1. The van der Waals surface area contributed by atoms with E-state index in [-0.39, 0.29) is 5.71 Å². The van der Waals surface area contributed by atoms with Gasteiger partial charge in [0.15, 0.2) is 5.71 Å². The molecule has 0 heterocycles. The second kappa shape index (κ2) is 6.58. The van der Waals surface area contributed by atoms with Crippen molar-refractivity contribution >= 4 is 5.71 Å². The second-order valence-corrected chi connectivity index (χ2v) is 4.73. The maximum atomic E-state index is 9.00. The number of hydrogen-bond acceptors (Lipinski definition) is 4. The Labute approximate surface area is 123 Å². The quantitative estimate of drug-likeness (QED) is 0.529. The van der Waals surface area contributed by atoms with Gasteiger partial charge in [-0.1, -0.05) is 47.6 Å². The van der Waals surface area contributed by atoms with E-state index in [2.05, 4.69) is 5.16 Å². The van der Waals surface area contributed by atoms with E-state index in [4.69, 9.17) is 15.2 Å². The van der Waals surface area contributed by atoms with Gasteiger partial charge in [0.1, 0.15) is 18.4 Å². The summed E-state index contributed by atoms with van der Waals surface area (Å²) in [5.41, 5.74) is 3.48. The minimum Gasteiger partial charge on any atom is -0.488 e. The highest BCUT2D eigenvalue weighted by atomic mass is 16.5. The Bertz CT molecular complexity index is 695. The minimum atomic E-state index is -0.0179. The van der Waals surface area contributed by atoms with Gasteiger partial charge in [-0.15, -0.1) is 0 Å². The van der Waals surface area contributed by atoms with Gasteiger partial charge < -0.3 is 9.94 Å². The van der Waals surface area contributed by atoms with Crippen LogP contribution in [0.5, 0.6) is 5.75 Å². The van der Waals surface area contributed by atoms with Crippen LogP contribution in [0.4, 0.5) is 0 Å². The van der Waals surface area contributed by atoms with Crippen molar-refractivity contribution in [3.8, 4) is 11.8 Å². The van der Waals surface area contributed by atoms with Gasteiger partial charge in [0, 0.05) is 5.56 Å². The van der Waals surface area contributed by atoms with Crippen LogP contribution in [-0.4, -0.2) is 10.9 Å². The van der Waals surface area contributed by atoms with Crippen LogP contribution in [0.15, 0.2) is 47.6 Å². The molecular weight excluding hydrogens is 264 g/mol. The summed E-state index contributed by atoms with van der Waals surface area (Å²) >= 11 is 0. The van der Waals surface area contributed by atoms with Crippen molar-refractivity contribution in [2.45, 2.75) is 20.5 Å². The molecule has 0 aliphatic heterocycles. The molecule has 1 N–H and O–H groups in total. The number of aryl methyl sites for hydroxylation is 2. The van der Waals surface area contributed by atoms with Crippen LogP contribution in [0.2, 0.25) is 0 Å². The van der Waals surface area contributed by atoms with Crippen molar-refractivity contribution in [3.63, 3.8) is 0 Å². The first-order valence-corrected chi connectivity index (χ1v) is 6.56. The fourth-order valence-corrected chi connectivity index (χ4v) is 2.19. The molecule has 106 valence electrons. The van der Waals surface area contributed by atoms with Gasteiger partial charge in [0.25, 0.3) is 0 Å². The summed E-state index contributed by atoms with van der Waals surface area (Å²) in [5.74, 6) is 0.840. The standard InChI is InChI=1S/C17H16N2O2/c1-12-6-5-7-13(2)17(12)21-11-14-8-3-4-9-15(14)16(10-18)19-20/h3-9,20H,11H2,1-2H3/b19-16-. The molecule has 4 nitrogen and oxygen atoms in total. The van der Waals surface area contributed by atoms with Crippen molar-refractivity contribution in [3.05, 3.63) is 64.7 Å². The highest BCUT2D eigenvalue weighted by molar-refractivity contribution is 6.12. The first-order valence-electron chi connectivity index (χ1n) is 6.56. The van der Waals surface area contributed by atoms with Gasteiger partial charge in [-0.2, -0.15) is 5.26 Å². The molecule has 2 aromatic carbocycles. The van der Waals surface area contributed by atoms with Gasteiger partial charge >= 0.3 is 0 Å². The average Bonchev–Trinajstić information content (AvgIpc) is 2.49. The van der Waals surface area contributed by atoms with Crippen LogP contribution in [0, 0.1) is 25.2 Å². The lowest BCUT2D eigenvalue weighted by Crippen LogP contribution is -2.06. The summed E-state index contributed by atoms with van der Waals surface area (Å²) in [4.78, 5) is 0. The summed E-state index contributed by atoms with van der Waals surface area (Å²) in [6.07, 6.45) is 0. The van der Waals surface area contributed by atoms with E-state index in [1.54, 1.807) is 12.1 Å². The van der Waals surface area contributed by atoms with Gasteiger partial charge in [0.2, 0.25) is 0 Å². The normalized spacial score (nSPS) is 11.0. The Morgan fingerprint density at radius 2 is 1.81 bits per heavy atom. The molecule has 0 saturated heterocycles. The molecule has 2 aromatic rings. The Hall–Kier alpha value is -2.80. The molecule has 0 spiro atoms. The molecule has 0 atom stereocenters. The molecule has 0 aromatic heterocycles. The molecule has 0 bridgehead atoms. The number of hydrogen-bond donors (Lipinski definition) is 1. The van der Waals surface area contributed by atoms with Crippen molar-refractivity contribution in [1.82, 2.24) is 0 Å². The van der Waals surface area contributed by atoms with E-state index in [1.807, 2.05) is 50.2 Å². The van der Waals surface area contributed by atoms with Crippen LogP contribution < -0.4 is 4.74 Å². The third kappa shape index (κ3) is 3.21. The smallest absolute Gasteiger partial charge is 0.187 e. The lowest BCUT2D eigenvalue weighted by atomic mass is 10.0. The number of ether oxygens (including phenoxy) is 1. The van der Waals surface area contributed by atoms with E-state index in [0.717, 1.165) is 22.4 Å². The van der Waals surface area contributed by atoms with Crippen molar-refractivity contribution in [1.29, 1.82) is 5.26 Å². The molecule has 0 fully saturated rings.